The molecule has 0 amide bonds. The number of anilines is 2. The maximum Gasteiger partial charge on any atom is 0.225 e. The maximum absolute atomic E-state index is 5.57. The van der Waals surface area contributed by atoms with E-state index in [1.807, 2.05) is 12.1 Å². The summed E-state index contributed by atoms with van der Waals surface area (Å²) in [6, 6.07) is 3.72. The Morgan fingerprint density at radius 1 is 0.786 bits per heavy atom. The molecule has 9 nitrogen and oxygen atoms in total. The van der Waals surface area contributed by atoms with Crippen molar-refractivity contribution in [3.05, 3.63) is 30.9 Å². The minimum absolute atomic E-state index is 0.521. The van der Waals surface area contributed by atoms with Crippen molar-refractivity contribution in [3.8, 4) is 17.2 Å². The van der Waals surface area contributed by atoms with Crippen LogP contribution in [-0.4, -0.2) is 67.4 Å². The first-order chi connectivity index (χ1) is 13.8. The molecule has 1 fully saturated rings. The lowest BCUT2D eigenvalue weighted by molar-refractivity contribution is 0.327. The number of nitrogens with zero attached hydrogens (tertiary/aromatic N) is 6. The van der Waals surface area contributed by atoms with Crippen LogP contribution in [-0.2, 0) is 0 Å². The van der Waals surface area contributed by atoms with Crippen LogP contribution in [0.3, 0.4) is 0 Å². The Morgan fingerprint density at radius 3 is 2.11 bits per heavy atom. The van der Waals surface area contributed by atoms with Crippen molar-refractivity contribution in [2.24, 2.45) is 0 Å². The summed E-state index contributed by atoms with van der Waals surface area (Å²) < 4.78 is 16.5. The van der Waals surface area contributed by atoms with Crippen molar-refractivity contribution in [1.82, 2.24) is 19.9 Å². The molecule has 0 radical (unpaired) electrons. The first-order valence-electron chi connectivity index (χ1n) is 8.97. The van der Waals surface area contributed by atoms with Gasteiger partial charge in [0.25, 0.3) is 0 Å². The monoisotopic (exact) mass is 382 g/mol. The van der Waals surface area contributed by atoms with Gasteiger partial charge in [0.2, 0.25) is 11.7 Å². The normalized spacial score (nSPS) is 14.2. The number of hydrogen-bond donors (Lipinski definition) is 0. The third-order valence-electron chi connectivity index (χ3n) is 4.83. The SMILES string of the molecule is COc1cc2c(N3CCN(c4ncccn4)CC3)ncnc2c(OC)c1OC. The van der Waals surface area contributed by atoms with Crippen molar-refractivity contribution in [2.75, 3.05) is 57.3 Å². The van der Waals surface area contributed by atoms with Crippen LogP contribution in [0.5, 0.6) is 17.2 Å². The summed E-state index contributed by atoms with van der Waals surface area (Å²) in [5, 5.41) is 0.862. The second-order valence-electron chi connectivity index (χ2n) is 6.26. The molecule has 4 rings (SSSR count). The van der Waals surface area contributed by atoms with Crippen LogP contribution in [0.2, 0.25) is 0 Å². The fourth-order valence-corrected chi connectivity index (χ4v) is 3.48. The number of rotatable bonds is 5. The molecule has 3 aromatic rings. The lowest BCUT2D eigenvalue weighted by Crippen LogP contribution is -2.47. The highest BCUT2D eigenvalue weighted by Crippen LogP contribution is 2.44. The van der Waals surface area contributed by atoms with Gasteiger partial charge in [0, 0.05) is 38.6 Å². The van der Waals surface area contributed by atoms with Crippen LogP contribution in [0.25, 0.3) is 10.9 Å². The minimum Gasteiger partial charge on any atom is -0.493 e. The van der Waals surface area contributed by atoms with E-state index < -0.39 is 0 Å². The first kappa shape index (κ1) is 18.0. The summed E-state index contributed by atoms with van der Waals surface area (Å²) in [5.74, 6) is 3.24. The molecule has 3 heterocycles. The largest absolute Gasteiger partial charge is 0.493 e. The lowest BCUT2D eigenvalue weighted by Gasteiger charge is -2.35. The quantitative estimate of drug-likeness (QED) is 0.655. The number of piperazine rings is 1. The zero-order valence-electron chi connectivity index (χ0n) is 16.1. The summed E-state index contributed by atoms with van der Waals surface area (Å²) in [7, 11) is 4.78. The Balaban J connectivity index is 1.68. The molecular weight excluding hydrogens is 360 g/mol. The molecule has 0 bridgehead atoms. The van der Waals surface area contributed by atoms with E-state index in [1.54, 1.807) is 40.1 Å². The Labute approximate surface area is 162 Å². The molecular formula is C19H22N6O3. The van der Waals surface area contributed by atoms with Crippen LogP contribution < -0.4 is 24.0 Å². The average molecular weight is 382 g/mol. The smallest absolute Gasteiger partial charge is 0.225 e. The van der Waals surface area contributed by atoms with Gasteiger partial charge < -0.3 is 24.0 Å². The number of aromatic nitrogens is 4. The molecule has 1 saturated heterocycles. The zero-order valence-corrected chi connectivity index (χ0v) is 16.1. The Bertz CT molecular complexity index is 961. The summed E-state index contributed by atoms with van der Waals surface area (Å²) in [5.41, 5.74) is 0.693. The molecule has 0 atom stereocenters. The molecule has 0 aliphatic carbocycles. The number of ether oxygens (including phenoxy) is 3. The molecule has 146 valence electrons. The van der Waals surface area contributed by atoms with E-state index in [9.17, 15) is 0 Å². The highest BCUT2D eigenvalue weighted by Gasteiger charge is 2.24. The molecule has 2 aromatic heterocycles. The zero-order chi connectivity index (χ0) is 19.5. The van der Waals surface area contributed by atoms with Gasteiger partial charge in [0.1, 0.15) is 17.7 Å². The second kappa shape index (κ2) is 7.71. The molecule has 0 unspecified atom stereocenters. The molecule has 1 aromatic carbocycles. The van der Waals surface area contributed by atoms with E-state index >= 15 is 0 Å². The van der Waals surface area contributed by atoms with Gasteiger partial charge in [-0.25, -0.2) is 19.9 Å². The van der Waals surface area contributed by atoms with E-state index in [4.69, 9.17) is 14.2 Å². The van der Waals surface area contributed by atoms with Gasteiger partial charge in [0.15, 0.2) is 11.5 Å². The standard InChI is InChI=1S/C19H22N6O3/c1-26-14-11-13-15(17(28-3)16(14)27-2)22-12-23-18(13)24-7-9-25(10-8-24)19-20-5-4-6-21-19/h4-6,11-12H,7-10H2,1-3H3. The number of methoxy groups -OCH3 is 3. The van der Waals surface area contributed by atoms with Crippen LogP contribution in [0, 0.1) is 0 Å². The summed E-state index contributed by atoms with van der Waals surface area (Å²) in [6.07, 6.45) is 5.08. The molecule has 1 aliphatic rings. The number of benzene rings is 1. The van der Waals surface area contributed by atoms with Crippen molar-refractivity contribution in [1.29, 1.82) is 0 Å². The van der Waals surface area contributed by atoms with E-state index in [2.05, 4.69) is 29.7 Å². The van der Waals surface area contributed by atoms with E-state index in [0.717, 1.165) is 43.3 Å². The highest BCUT2D eigenvalue weighted by atomic mass is 16.5. The molecule has 0 N–H and O–H groups in total. The van der Waals surface area contributed by atoms with Crippen LogP contribution in [0.1, 0.15) is 0 Å². The third-order valence-corrected chi connectivity index (χ3v) is 4.83. The van der Waals surface area contributed by atoms with Crippen LogP contribution in [0.15, 0.2) is 30.9 Å². The van der Waals surface area contributed by atoms with E-state index in [-0.39, 0.29) is 0 Å². The summed E-state index contributed by atoms with van der Waals surface area (Å²) in [4.78, 5) is 22.1. The topological polar surface area (TPSA) is 85.7 Å². The van der Waals surface area contributed by atoms with Crippen molar-refractivity contribution in [3.63, 3.8) is 0 Å². The first-order valence-corrected chi connectivity index (χ1v) is 8.97. The lowest BCUT2D eigenvalue weighted by atomic mass is 10.1. The van der Waals surface area contributed by atoms with Gasteiger partial charge in [-0.2, -0.15) is 0 Å². The molecule has 28 heavy (non-hydrogen) atoms. The fourth-order valence-electron chi connectivity index (χ4n) is 3.48. The van der Waals surface area contributed by atoms with Crippen molar-refractivity contribution < 1.29 is 14.2 Å². The molecule has 0 saturated carbocycles. The highest BCUT2D eigenvalue weighted by molar-refractivity contribution is 5.97. The van der Waals surface area contributed by atoms with Gasteiger partial charge in [-0.15, -0.1) is 0 Å². The third kappa shape index (κ3) is 3.08. The van der Waals surface area contributed by atoms with Gasteiger partial charge in [-0.05, 0) is 12.1 Å². The maximum atomic E-state index is 5.57. The average Bonchev–Trinajstić information content (AvgIpc) is 2.77. The minimum atomic E-state index is 0.521. The van der Waals surface area contributed by atoms with Gasteiger partial charge in [-0.1, -0.05) is 0 Å². The second-order valence-corrected chi connectivity index (χ2v) is 6.26. The van der Waals surface area contributed by atoms with Gasteiger partial charge in [-0.3, -0.25) is 0 Å². The fraction of sp³-hybridized carbons (Fsp3) is 0.368. The van der Waals surface area contributed by atoms with Crippen LogP contribution >= 0.6 is 0 Å². The Morgan fingerprint density at radius 2 is 1.46 bits per heavy atom. The van der Waals surface area contributed by atoms with E-state index in [1.165, 1.54) is 0 Å². The molecule has 9 heteroatoms. The Kier molecular flexibility index (Phi) is 4.96. The van der Waals surface area contributed by atoms with Crippen LogP contribution in [0.4, 0.5) is 11.8 Å². The Hall–Kier alpha value is -3.36. The summed E-state index contributed by atoms with van der Waals surface area (Å²) in [6.45, 7) is 3.20. The number of hydrogen-bond acceptors (Lipinski definition) is 9. The van der Waals surface area contributed by atoms with Crippen molar-refractivity contribution in [2.45, 2.75) is 0 Å². The number of fused-ring (bicyclic) bond motifs is 1. The van der Waals surface area contributed by atoms with Gasteiger partial charge >= 0.3 is 0 Å². The summed E-state index contributed by atoms with van der Waals surface area (Å²) >= 11 is 0. The van der Waals surface area contributed by atoms with Gasteiger partial charge in [0.05, 0.1) is 26.7 Å². The molecule has 0 spiro atoms. The van der Waals surface area contributed by atoms with Crippen molar-refractivity contribution >= 4 is 22.7 Å². The molecule has 1 aliphatic heterocycles. The predicted octanol–water partition coefficient (Wildman–Crippen LogP) is 1.77. The predicted molar refractivity (Wildman–Crippen MR) is 106 cm³/mol. The van der Waals surface area contributed by atoms with E-state index in [0.29, 0.717) is 22.8 Å².